The van der Waals surface area contributed by atoms with Gasteiger partial charge < -0.3 is 10.1 Å². The minimum Gasteiger partial charge on any atom is -0.478 e. The van der Waals surface area contributed by atoms with Crippen molar-refractivity contribution in [2.24, 2.45) is 4.99 Å². The number of carboxylic acid groups (broad SMARTS) is 1. The van der Waals surface area contributed by atoms with Crippen molar-refractivity contribution in [3.63, 3.8) is 0 Å². The van der Waals surface area contributed by atoms with Crippen molar-refractivity contribution >= 4 is 12.2 Å². The fraction of sp³-hybridized carbons (Fsp3) is 0. The van der Waals surface area contributed by atoms with Crippen molar-refractivity contribution in [1.29, 1.82) is 0 Å². The average Bonchev–Trinajstić information content (AvgIpc) is 2.45. The van der Waals surface area contributed by atoms with Crippen LogP contribution < -0.4 is 0 Å². The smallest absolute Gasteiger partial charge is 0.334 e. The summed E-state index contributed by atoms with van der Waals surface area (Å²) in [6.45, 7) is 0. The number of carbonyl (C=O) groups is 1. The maximum absolute atomic E-state index is 10.7. The van der Waals surface area contributed by atoms with E-state index in [1.165, 1.54) is 18.3 Å². The van der Waals surface area contributed by atoms with Crippen LogP contribution in [0.1, 0.15) is 21.5 Å². The van der Waals surface area contributed by atoms with Crippen LogP contribution in [0.4, 0.5) is 0 Å². The zero-order valence-corrected chi connectivity index (χ0v) is 13.5. The van der Waals surface area contributed by atoms with Gasteiger partial charge in [0.2, 0.25) is 0 Å². The molecule has 0 aromatic heterocycles. The number of hydrogen-bond acceptors (Lipinski definition) is 2. The standard InChI is InChI=1S/C16H11NO2.Y/c18-16(19)15-8-6-14(7-9-15)12-17-11-10-13-4-2-1-3-5-13;/h1-9,11H,(H,18,19);/q-2;. The molecule has 2 aromatic carbocycles. The van der Waals surface area contributed by atoms with Crippen LogP contribution in [0.25, 0.3) is 0 Å². The van der Waals surface area contributed by atoms with Gasteiger partial charge in [0, 0.05) is 38.3 Å². The molecule has 0 saturated heterocycles. The molecular weight excluding hydrogens is 327 g/mol. The molecule has 4 heteroatoms. The van der Waals surface area contributed by atoms with Crippen LogP contribution in [-0.4, -0.2) is 17.3 Å². The third-order valence-corrected chi connectivity index (χ3v) is 2.40. The first kappa shape index (κ1) is 16.5. The van der Waals surface area contributed by atoms with Crippen molar-refractivity contribution in [1.82, 2.24) is 0 Å². The molecule has 0 unspecified atom stereocenters. The van der Waals surface area contributed by atoms with E-state index in [0.717, 1.165) is 11.1 Å². The summed E-state index contributed by atoms with van der Waals surface area (Å²) < 4.78 is 0. The van der Waals surface area contributed by atoms with Crippen molar-refractivity contribution < 1.29 is 42.6 Å². The SMILES string of the molecule is O=C(O)c1ccc([C-]=NC=[C-]c2ccccc2)cc1.[Y]. The first-order chi connectivity index (χ1) is 9.25. The van der Waals surface area contributed by atoms with Gasteiger partial charge in [0.05, 0.1) is 0 Å². The van der Waals surface area contributed by atoms with Crippen molar-refractivity contribution in [2.75, 3.05) is 0 Å². The van der Waals surface area contributed by atoms with Crippen LogP contribution in [0.2, 0.25) is 0 Å². The van der Waals surface area contributed by atoms with Gasteiger partial charge in [0.1, 0.15) is 0 Å². The Balaban J connectivity index is 0.00000200. The van der Waals surface area contributed by atoms with Gasteiger partial charge in [-0.25, -0.2) is 16.4 Å². The first-order valence-corrected chi connectivity index (χ1v) is 5.68. The summed E-state index contributed by atoms with van der Waals surface area (Å²) in [4.78, 5) is 14.6. The fourth-order valence-electron chi connectivity index (χ4n) is 1.44. The second-order valence-electron chi connectivity index (χ2n) is 3.76. The van der Waals surface area contributed by atoms with E-state index in [4.69, 9.17) is 5.11 Å². The summed E-state index contributed by atoms with van der Waals surface area (Å²) in [5.41, 5.74) is 1.90. The Morgan fingerprint density at radius 3 is 2.25 bits per heavy atom. The predicted molar refractivity (Wildman–Crippen MR) is 73.3 cm³/mol. The molecule has 1 N–H and O–H groups in total. The second kappa shape index (κ2) is 8.57. The minimum atomic E-state index is -0.944. The molecular formula is C16H11NO2Y-2. The van der Waals surface area contributed by atoms with Crippen LogP contribution in [0, 0.1) is 6.08 Å². The number of hydrogen-bond donors (Lipinski definition) is 1. The van der Waals surface area contributed by atoms with Gasteiger partial charge >= 0.3 is 5.97 Å². The van der Waals surface area contributed by atoms with Crippen LogP contribution in [0.15, 0.2) is 65.8 Å². The van der Waals surface area contributed by atoms with Gasteiger partial charge in [-0.1, -0.05) is 18.2 Å². The minimum absolute atomic E-state index is 0. The van der Waals surface area contributed by atoms with E-state index in [1.54, 1.807) is 12.1 Å². The molecule has 2 rings (SSSR count). The molecule has 3 nitrogen and oxygen atoms in total. The van der Waals surface area contributed by atoms with Crippen molar-refractivity contribution in [2.45, 2.75) is 0 Å². The second-order valence-corrected chi connectivity index (χ2v) is 3.76. The van der Waals surface area contributed by atoms with E-state index < -0.39 is 5.97 Å². The molecule has 0 atom stereocenters. The molecule has 2 aromatic rings. The molecule has 0 amide bonds. The number of aromatic carboxylic acids is 1. The van der Waals surface area contributed by atoms with E-state index in [0.29, 0.717) is 0 Å². The van der Waals surface area contributed by atoms with Gasteiger partial charge in [-0.3, -0.25) is 0 Å². The third-order valence-electron chi connectivity index (χ3n) is 2.40. The Hall–Kier alpha value is -1.58. The summed E-state index contributed by atoms with van der Waals surface area (Å²) >= 11 is 0. The Labute approximate surface area is 142 Å². The Morgan fingerprint density at radius 1 is 1.00 bits per heavy atom. The Morgan fingerprint density at radius 2 is 1.65 bits per heavy atom. The van der Waals surface area contributed by atoms with Gasteiger partial charge in [-0.2, -0.15) is 12.1 Å². The van der Waals surface area contributed by atoms with Gasteiger partial charge in [-0.15, -0.1) is 36.0 Å². The topological polar surface area (TPSA) is 49.7 Å². The third kappa shape index (κ3) is 5.20. The monoisotopic (exact) mass is 338 g/mol. The van der Waals surface area contributed by atoms with E-state index in [2.05, 4.69) is 17.3 Å². The maximum Gasteiger partial charge on any atom is 0.334 e. The van der Waals surface area contributed by atoms with Gasteiger partial charge in [0.25, 0.3) is 0 Å². The predicted octanol–water partition coefficient (Wildman–Crippen LogP) is 3.04. The number of aliphatic imine (C=N–C) groups is 1. The molecule has 20 heavy (non-hydrogen) atoms. The largest absolute Gasteiger partial charge is 0.478 e. The summed E-state index contributed by atoms with van der Waals surface area (Å²) in [6, 6.07) is 16.0. The van der Waals surface area contributed by atoms with Crippen LogP contribution in [0.5, 0.6) is 0 Å². The summed E-state index contributed by atoms with van der Waals surface area (Å²) in [5.74, 6) is -0.944. The van der Waals surface area contributed by atoms with Crippen LogP contribution in [-0.2, 0) is 32.7 Å². The summed E-state index contributed by atoms with van der Waals surface area (Å²) in [5, 5.41) is 8.76. The molecule has 0 fully saturated rings. The summed E-state index contributed by atoms with van der Waals surface area (Å²) in [7, 11) is 0. The zero-order valence-electron chi connectivity index (χ0n) is 10.7. The fourth-order valence-corrected chi connectivity index (χ4v) is 1.44. The molecule has 0 aliphatic carbocycles. The number of carboxylic acids is 1. The number of benzene rings is 2. The average molecular weight is 338 g/mol. The van der Waals surface area contributed by atoms with Gasteiger partial charge in [0.15, 0.2) is 0 Å². The molecule has 0 heterocycles. The van der Waals surface area contributed by atoms with Crippen molar-refractivity contribution in [3.05, 3.63) is 83.6 Å². The van der Waals surface area contributed by atoms with Gasteiger partial charge in [-0.05, 0) is 6.21 Å². The maximum atomic E-state index is 10.7. The molecule has 0 aliphatic heterocycles. The first-order valence-electron chi connectivity index (χ1n) is 5.68. The molecule has 0 bridgehead atoms. The molecule has 97 valence electrons. The Bertz CT molecular complexity index is 604. The quantitative estimate of drug-likeness (QED) is 0.688. The molecule has 0 aliphatic rings. The summed E-state index contributed by atoms with van der Waals surface area (Å²) in [6.07, 6.45) is 7.32. The number of rotatable bonds is 4. The van der Waals surface area contributed by atoms with Crippen LogP contribution in [0.3, 0.4) is 0 Å². The van der Waals surface area contributed by atoms with E-state index >= 15 is 0 Å². The zero-order chi connectivity index (χ0) is 13.5. The van der Waals surface area contributed by atoms with E-state index in [9.17, 15) is 4.79 Å². The van der Waals surface area contributed by atoms with Crippen LogP contribution >= 0.6 is 0 Å². The Kier molecular flexibility index (Phi) is 7.06. The van der Waals surface area contributed by atoms with E-state index in [-0.39, 0.29) is 38.3 Å². The molecule has 0 spiro atoms. The normalized spacial score (nSPS) is 10.6. The molecule has 0 saturated carbocycles. The molecule has 1 radical (unpaired) electrons. The van der Waals surface area contributed by atoms with Crippen molar-refractivity contribution in [3.8, 4) is 0 Å². The number of nitrogens with zero attached hydrogens (tertiary/aromatic N) is 1. The van der Waals surface area contributed by atoms with E-state index in [1.807, 2.05) is 30.3 Å².